The smallest absolute Gasteiger partial charge is 0.222 e. The SMILES string of the molecule is CCCCCCCCCCCCCC(=O)N1CC[N+](C)(Cc2ccccc2)CC1. The van der Waals surface area contributed by atoms with Gasteiger partial charge in [-0.2, -0.15) is 0 Å². The molecule has 1 aliphatic rings. The van der Waals surface area contributed by atoms with Crippen LogP contribution in [0.25, 0.3) is 0 Å². The van der Waals surface area contributed by atoms with Crippen molar-refractivity contribution in [2.24, 2.45) is 0 Å². The van der Waals surface area contributed by atoms with Crippen LogP contribution in [-0.4, -0.2) is 48.5 Å². The summed E-state index contributed by atoms with van der Waals surface area (Å²) in [4.78, 5) is 14.7. The molecule has 3 heteroatoms. The van der Waals surface area contributed by atoms with Crippen molar-refractivity contribution in [1.82, 2.24) is 4.90 Å². The Morgan fingerprint density at radius 3 is 1.90 bits per heavy atom. The van der Waals surface area contributed by atoms with Crippen LogP contribution in [0, 0.1) is 0 Å². The maximum absolute atomic E-state index is 12.5. The van der Waals surface area contributed by atoms with Gasteiger partial charge in [-0.05, 0) is 6.42 Å². The molecular formula is C26H45N2O+. The van der Waals surface area contributed by atoms with Crippen molar-refractivity contribution >= 4 is 5.91 Å². The number of benzene rings is 1. The number of carbonyl (C=O) groups is 1. The molecule has 3 nitrogen and oxygen atoms in total. The average Bonchev–Trinajstić information content (AvgIpc) is 2.73. The Morgan fingerprint density at radius 1 is 0.828 bits per heavy atom. The topological polar surface area (TPSA) is 20.3 Å². The average molecular weight is 402 g/mol. The maximum atomic E-state index is 12.5. The monoisotopic (exact) mass is 401 g/mol. The summed E-state index contributed by atoms with van der Waals surface area (Å²) >= 11 is 0. The minimum atomic E-state index is 0.381. The quantitative estimate of drug-likeness (QED) is 0.269. The van der Waals surface area contributed by atoms with Crippen LogP contribution in [0.15, 0.2) is 30.3 Å². The summed E-state index contributed by atoms with van der Waals surface area (Å²) in [6.45, 7) is 7.32. The number of amides is 1. The molecule has 1 saturated heterocycles. The van der Waals surface area contributed by atoms with Gasteiger partial charge in [-0.1, -0.05) is 101 Å². The number of likely N-dealkylation sites (N-methyl/N-ethyl adjacent to an activating group) is 1. The third-order valence-corrected chi connectivity index (χ3v) is 6.57. The minimum Gasteiger partial charge on any atom is -0.331 e. The van der Waals surface area contributed by atoms with E-state index in [1.807, 2.05) is 0 Å². The van der Waals surface area contributed by atoms with Crippen molar-refractivity contribution in [1.29, 1.82) is 0 Å². The van der Waals surface area contributed by atoms with Gasteiger partial charge in [0.1, 0.15) is 6.54 Å². The van der Waals surface area contributed by atoms with Crippen molar-refractivity contribution in [3.05, 3.63) is 35.9 Å². The number of carbonyl (C=O) groups excluding carboxylic acids is 1. The zero-order chi connectivity index (χ0) is 20.8. The van der Waals surface area contributed by atoms with Gasteiger partial charge < -0.3 is 9.38 Å². The summed E-state index contributed by atoms with van der Waals surface area (Å²) in [6.07, 6.45) is 15.4. The van der Waals surface area contributed by atoms with Gasteiger partial charge in [0.25, 0.3) is 0 Å². The molecule has 2 rings (SSSR count). The molecule has 0 aromatic heterocycles. The van der Waals surface area contributed by atoms with E-state index in [4.69, 9.17) is 0 Å². The predicted molar refractivity (Wildman–Crippen MR) is 124 cm³/mol. The van der Waals surface area contributed by atoms with Gasteiger partial charge in [0.2, 0.25) is 5.91 Å². The highest BCUT2D eigenvalue weighted by molar-refractivity contribution is 5.76. The molecule has 0 N–H and O–H groups in total. The summed E-state index contributed by atoms with van der Waals surface area (Å²) < 4.78 is 1.05. The summed E-state index contributed by atoms with van der Waals surface area (Å²) in [6, 6.07) is 10.7. The largest absolute Gasteiger partial charge is 0.331 e. The predicted octanol–water partition coefficient (Wildman–Crippen LogP) is 6.18. The number of hydrogen-bond donors (Lipinski definition) is 0. The maximum Gasteiger partial charge on any atom is 0.222 e. The van der Waals surface area contributed by atoms with Crippen LogP contribution in [0.5, 0.6) is 0 Å². The van der Waals surface area contributed by atoms with E-state index in [2.05, 4.69) is 49.2 Å². The van der Waals surface area contributed by atoms with Gasteiger partial charge in [0, 0.05) is 12.0 Å². The summed E-state index contributed by atoms with van der Waals surface area (Å²) in [7, 11) is 2.33. The molecule has 1 heterocycles. The van der Waals surface area contributed by atoms with Crippen LogP contribution in [-0.2, 0) is 11.3 Å². The second-order valence-electron chi connectivity index (χ2n) is 9.38. The lowest BCUT2D eigenvalue weighted by molar-refractivity contribution is -0.926. The van der Waals surface area contributed by atoms with Crippen LogP contribution in [0.1, 0.15) is 89.5 Å². The second kappa shape index (κ2) is 13.8. The van der Waals surface area contributed by atoms with Crippen LogP contribution in [0.2, 0.25) is 0 Å². The fourth-order valence-corrected chi connectivity index (χ4v) is 4.48. The van der Waals surface area contributed by atoms with E-state index < -0.39 is 0 Å². The molecule has 164 valence electrons. The minimum absolute atomic E-state index is 0.381. The molecule has 0 aliphatic carbocycles. The molecule has 0 bridgehead atoms. The van der Waals surface area contributed by atoms with Gasteiger partial charge in [0.15, 0.2) is 0 Å². The lowest BCUT2D eigenvalue weighted by atomic mass is 10.0. The number of nitrogens with zero attached hydrogens (tertiary/aromatic N) is 2. The third-order valence-electron chi connectivity index (χ3n) is 6.57. The van der Waals surface area contributed by atoms with Gasteiger partial charge in [-0.15, -0.1) is 0 Å². The highest BCUT2D eigenvalue weighted by Crippen LogP contribution is 2.17. The van der Waals surface area contributed by atoms with Gasteiger partial charge in [-0.25, -0.2) is 0 Å². The van der Waals surface area contributed by atoms with E-state index in [0.29, 0.717) is 5.91 Å². The standard InChI is InChI=1S/C26H45N2O/c1-3-4-5-6-7-8-9-10-11-12-16-19-26(29)27-20-22-28(2,23-21-27)24-25-17-14-13-15-18-25/h13-15,17-18H,3-12,16,19-24H2,1-2H3/q+1. The first kappa shape index (κ1) is 23.9. The first-order valence-corrected chi connectivity index (χ1v) is 12.3. The number of unbranched alkanes of at least 4 members (excludes halogenated alkanes) is 10. The van der Waals surface area contributed by atoms with Crippen LogP contribution in [0.3, 0.4) is 0 Å². The lowest BCUT2D eigenvalue weighted by Gasteiger charge is -2.42. The molecule has 1 amide bonds. The summed E-state index contributed by atoms with van der Waals surface area (Å²) in [5.74, 6) is 0.381. The van der Waals surface area contributed by atoms with Crippen LogP contribution < -0.4 is 0 Å². The fourth-order valence-electron chi connectivity index (χ4n) is 4.48. The van der Waals surface area contributed by atoms with Crippen molar-refractivity contribution in [2.75, 3.05) is 33.2 Å². The Morgan fingerprint density at radius 2 is 1.34 bits per heavy atom. The molecule has 0 saturated carbocycles. The molecule has 0 unspecified atom stereocenters. The Hall–Kier alpha value is -1.35. The molecule has 0 atom stereocenters. The van der Waals surface area contributed by atoms with Crippen molar-refractivity contribution in [3.8, 4) is 0 Å². The molecule has 0 radical (unpaired) electrons. The Balaban J connectivity index is 1.49. The third kappa shape index (κ3) is 9.80. The van der Waals surface area contributed by atoms with Crippen LogP contribution >= 0.6 is 0 Å². The van der Waals surface area contributed by atoms with Crippen molar-refractivity contribution in [3.63, 3.8) is 0 Å². The Kier molecular flexibility index (Phi) is 11.4. The van der Waals surface area contributed by atoms with Gasteiger partial charge in [-0.3, -0.25) is 4.79 Å². The van der Waals surface area contributed by atoms with Crippen LogP contribution in [0.4, 0.5) is 0 Å². The fraction of sp³-hybridized carbons (Fsp3) is 0.731. The van der Waals surface area contributed by atoms with Crippen molar-refractivity contribution < 1.29 is 9.28 Å². The van der Waals surface area contributed by atoms with E-state index in [9.17, 15) is 4.79 Å². The number of piperazine rings is 1. The van der Waals surface area contributed by atoms with E-state index in [1.165, 1.54) is 69.8 Å². The van der Waals surface area contributed by atoms with E-state index in [0.717, 1.165) is 50.0 Å². The number of hydrogen-bond acceptors (Lipinski definition) is 1. The van der Waals surface area contributed by atoms with E-state index in [-0.39, 0.29) is 0 Å². The normalized spacial score (nSPS) is 16.1. The molecule has 1 fully saturated rings. The zero-order valence-electron chi connectivity index (χ0n) is 19.2. The Bertz CT molecular complexity index is 549. The molecule has 1 aliphatic heterocycles. The molecule has 1 aromatic carbocycles. The second-order valence-corrected chi connectivity index (χ2v) is 9.38. The van der Waals surface area contributed by atoms with Gasteiger partial charge in [0.05, 0.1) is 33.2 Å². The molecule has 0 spiro atoms. The highest BCUT2D eigenvalue weighted by Gasteiger charge is 2.30. The first-order chi connectivity index (χ1) is 14.1. The number of rotatable bonds is 14. The van der Waals surface area contributed by atoms with E-state index in [1.54, 1.807) is 0 Å². The summed E-state index contributed by atoms with van der Waals surface area (Å²) in [5.41, 5.74) is 1.40. The zero-order valence-corrected chi connectivity index (χ0v) is 19.2. The number of quaternary nitrogens is 1. The van der Waals surface area contributed by atoms with E-state index >= 15 is 0 Å². The van der Waals surface area contributed by atoms with Crippen molar-refractivity contribution in [2.45, 2.75) is 90.5 Å². The lowest BCUT2D eigenvalue weighted by Crippen LogP contribution is -2.57. The summed E-state index contributed by atoms with van der Waals surface area (Å²) in [5, 5.41) is 0. The molecule has 29 heavy (non-hydrogen) atoms. The molecular weight excluding hydrogens is 356 g/mol. The Labute approximate surface area is 180 Å². The highest BCUT2D eigenvalue weighted by atomic mass is 16.2. The van der Waals surface area contributed by atoms with Gasteiger partial charge >= 0.3 is 0 Å². The first-order valence-electron chi connectivity index (χ1n) is 12.3. The molecule has 1 aromatic rings.